The molecule has 1 nitrogen and oxygen atoms in total. The lowest BCUT2D eigenvalue weighted by molar-refractivity contribution is 0.898. The summed E-state index contributed by atoms with van der Waals surface area (Å²) in [6.45, 7) is 6.19. The second kappa shape index (κ2) is 3.87. The summed E-state index contributed by atoms with van der Waals surface area (Å²) in [5.74, 6) is 0. The quantitative estimate of drug-likeness (QED) is 0.747. The Morgan fingerprint density at radius 2 is 2.21 bits per heavy atom. The van der Waals surface area contributed by atoms with Crippen molar-refractivity contribution in [1.29, 1.82) is 0 Å². The summed E-state index contributed by atoms with van der Waals surface area (Å²) < 4.78 is 0. The number of allylic oxidation sites excluding steroid dienone is 1. The zero-order chi connectivity index (χ0) is 9.97. The molecule has 1 aliphatic rings. The van der Waals surface area contributed by atoms with Crippen molar-refractivity contribution in [3.05, 3.63) is 41.6 Å². The van der Waals surface area contributed by atoms with E-state index < -0.39 is 0 Å². The maximum atomic E-state index is 3.98. The van der Waals surface area contributed by atoms with E-state index in [1.807, 2.05) is 0 Å². The highest BCUT2D eigenvalue weighted by molar-refractivity contribution is 5.58. The monoisotopic (exact) mass is 187 g/mol. The molecule has 1 aromatic rings. The van der Waals surface area contributed by atoms with Crippen molar-refractivity contribution in [3.8, 4) is 0 Å². The molecule has 0 aromatic heterocycles. The van der Waals surface area contributed by atoms with Crippen LogP contribution in [0.3, 0.4) is 0 Å². The van der Waals surface area contributed by atoms with Crippen LogP contribution < -0.4 is 5.32 Å². The number of aryl methyl sites for hydroxylation is 2. The number of rotatable bonds is 2. The number of nitrogens with one attached hydrogen (secondary N) is 1. The van der Waals surface area contributed by atoms with E-state index in [2.05, 4.69) is 37.0 Å². The van der Waals surface area contributed by atoms with Crippen LogP contribution in [0.4, 0.5) is 5.69 Å². The molecule has 1 aromatic carbocycles. The van der Waals surface area contributed by atoms with Crippen molar-refractivity contribution in [1.82, 2.24) is 0 Å². The fourth-order valence-corrected chi connectivity index (χ4v) is 1.94. The van der Waals surface area contributed by atoms with Crippen LogP contribution in [0.15, 0.2) is 30.5 Å². The van der Waals surface area contributed by atoms with Gasteiger partial charge < -0.3 is 5.32 Å². The van der Waals surface area contributed by atoms with Crippen LogP contribution >= 0.6 is 0 Å². The molecule has 1 aliphatic heterocycles. The van der Waals surface area contributed by atoms with Crippen LogP contribution in [0.2, 0.25) is 0 Å². The molecule has 0 unspecified atom stereocenters. The third-order valence-electron chi connectivity index (χ3n) is 2.72. The molecule has 0 amide bonds. The number of benzene rings is 1. The molecule has 14 heavy (non-hydrogen) atoms. The molecule has 0 spiro atoms. The Morgan fingerprint density at radius 1 is 1.36 bits per heavy atom. The number of hydrogen-bond donors (Lipinski definition) is 1. The molecule has 0 bridgehead atoms. The normalized spacial score (nSPS) is 14.8. The Kier molecular flexibility index (Phi) is 2.58. The number of fused-ring (bicyclic) bond motifs is 1. The van der Waals surface area contributed by atoms with E-state index in [0.717, 1.165) is 18.5 Å². The Bertz CT molecular complexity index is 352. The van der Waals surface area contributed by atoms with E-state index >= 15 is 0 Å². The van der Waals surface area contributed by atoms with Gasteiger partial charge in [-0.25, -0.2) is 0 Å². The van der Waals surface area contributed by atoms with Gasteiger partial charge in [-0.15, -0.1) is 0 Å². The molecular weight excluding hydrogens is 170 g/mol. The molecule has 0 aliphatic carbocycles. The lowest BCUT2D eigenvalue weighted by Gasteiger charge is -2.20. The SMILES string of the molecule is C=C1CCc2ccc(CCC)cc2N1. The van der Waals surface area contributed by atoms with Gasteiger partial charge >= 0.3 is 0 Å². The van der Waals surface area contributed by atoms with Gasteiger partial charge in [0.1, 0.15) is 0 Å². The largest absolute Gasteiger partial charge is 0.359 e. The third kappa shape index (κ3) is 1.82. The maximum absolute atomic E-state index is 3.98. The fourth-order valence-electron chi connectivity index (χ4n) is 1.94. The van der Waals surface area contributed by atoms with Gasteiger partial charge in [0.05, 0.1) is 0 Å². The molecule has 0 radical (unpaired) electrons. The molecule has 0 saturated heterocycles. The first-order chi connectivity index (χ1) is 6.79. The predicted octanol–water partition coefficient (Wildman–Crippen LogP) is 3.51. The minimum atomic E-state index is 1.07. The summed E-state index contributed by atoms with van der Waals surface area (Å²) in [4.78, 5) is 0. The predicted molar refractivity (Wildman–Crippen MR) is 61.5 cm³/mol. The van der Waals surface area contributed by atoms with Gasteiger partial charge in [-0.1, -0.05) is 32.1 Å². The first-order valence-electron chi connectivity index (χ1n) is 5.36. The van der Waals surface area contributed by atoms with Crippen LogP contribution in [-0.2, 0) is 12.8 Å². The van der Waals surface area contributed by atoms with Crippen molar-refractivity contribution in [2.75, 3.05) is 5.32 Å². The summed E-state index contributed by atoms with van der Waals surface area (Å²) >= 11 is 0. The lowest BCUT2D eigenvalue weighted by Crippen LogP contribution is -2.09. The number of anilines is 1. The third-order valence-corrected chi connectivity index (χ3v) is 2.72. The zero-order valence-electron chi connectivity index (χ0n) is 8.77. The van der Waals surface area contributed by atoms with E-state index in [-0.39, 0.29) is 0 Å². The van der Waals surface area contributed by atoms with E-state index in [1.54, 1.807) is 0 Å². The Morgan fingerprint density at radius 3 is 3.00 bits per heavy atom. The van der Waals surface area contributed by atoms with Gasteiger partial charge in [-0.2, -0.15) is 0 Å². The van der Waals surface area contributed by atoms with Crippen LogP contribution in [0.25, 0.3) is 0 Å². The standard InChI is InChI=1S/C13H17N/c1-3-4-11-6-8-12-7-5-10(2)14-13(12)9-11/h6,8-9,14H,2-5,7H2,1H3. The second-order valence-corrected chi connectivity index (χ2v) is 3.97. The first-order valence-corrected chi connectivity index (χ1v) is 5.36. The van der Waals surface area contributed by atoms with E-state index in [9.17, 15) is 0 Å². The van der Waals surface area contributed by atoms with E-state index in [4.69, 9.17) is 0 Å². The maximum Gasteiger partial charge on any atom is 0.0417 e. The second-order valence-electron chi connectivity index (χ2n) is 3.97. The van der Waals surface area contributed by atoms with Crippen LogP contribution in [0.5, 0.6) is 0 Å². The molecule has 0 saturated carbocycles. The smallest absolute Gasteiger partial charge is 0.0417 e. The van der Waals surface area contributed by atoms with Gasteiger partial charge in [0, 0.05) is 11.4 Å². The highest BCUT2D eigenvalue weighted by Gasteiger charge is 2.10. The molecule has 0 fully saturated rings. The Hall–Kier alpha value is -1.24. The van der Waals surface area contributed by atoms with Crippen LogP contribution in [-0.4, -0.2) is 0 Å². The van der Waals surface area contributed by atoms with Crippen molar-refractivity contribution in [3.63, 3.8) is 0 Å². The molecule has 1 heterocycles. The van der Waals surface area contributed by atoms with Gasteiger partial charge in [0.25, 0.3) is 0 Å². The van der Waals surface area contributed by atoms with E-state index in [1.165, 1.54) is 29.7 Å². The molecule has 74 valence electrons. The van der Waals surface area contributed by atoms with Gasteiger partial charge in [-0.05, 0) is 36.5 Å². The molecule has 0 atom stereocenters. The van der Waals surface area contributed by atoms with Gasteiger partial charge in [0.15, 0.2) is 0 Å². The molecule has 2 rings (SSSR count). The summed E-state index contributed by atoms with van der Waals surface area (Å²) in [5.41, 5.74) is 5.27. The van der Waals surface area contributed by atoms with Gasteiger partial charge in [0.2, 0.25) is 0 Å². The Labute approximate surface area is 85.8 Å². The highest BCUT2D eigenvalue weighted by Crippen LogP contribution is 2.27. The van der Waals surface area contributed by atoms with Gasteiger partial charge in [-0.3, -0.25) is 0 Å². The fraction of sp³-hybridized carbons (Fsp3) is 0.385. The van der Waals surface area contributed by atoms with Crippen molar-refractivity contribution in [2.45, 2.75) is 32.6 Å². The molecule has 1 N–H and O–H groups in total. The average molecular weight is 187 g/mol. The average Bonchev–Trinajstić information content (AvgIpc) is 2.17. The van der Waals surface area contributed by atoms with Crippen LogP contribution in [0.1, 0.15) is 30.9 Å². The van der Waals surface area contributed by atoms with E-state index in [0.29, 0.717) is 0 Å². The molecule has 1 heteroatoms. The van der Waals surface area contributed by atoms with Crippen LogP contribution in [0, 0.1) is 0 Å². The summed E-state index contributed by atoms with van der Waals surface area (Å²) in [6, 6.07) is 6.76. The first kappa shape index (κ1) is 9.32. The van der Waals surface area contributed by atoms with Crippen molar-refractivity contribution >= 4 is 5.69 Å². The van der Waals surface area contributed by atoms with Crippen molar-refractivity contribution < 1.29 is 0 Å². The topological polar surface area (TPSA) is 12.0 Å². The number of hydrogen-bond acceptors (Lipinski definition) is 1. The lowest BCUT2D eigenvalue weighted by atomic mass is 9.98. The summed E-state index contributed by atoms with van der Waals surface area (Å²) in [7, 11) is 0. The minimum absolute atomic E-state index is 1.07. The minimum Gasteiger partial charge on any atom is -0.359 e. The zero-order valence-corrected chi connectivity index (χ0v) is 8.77. The van der Waals surface area contributed by atoms with Crippen molar-refractivity contribution in [2.24, 2.45) is 0 Å². The molecular formula is C13H17N. The highest BCUT2D eigenvalue weighted by atomic mass is 14.9. The Balaban J connectivity index is 2.28. The summed E-state index contributed by atoms with van der Waals surface area (Å²) in [5, 5.41) is 3.36. The summed E-state index contributed by atoms with van der Waals surface area (Å²) in [6.07, 6.45) is 4.58.